The predicted molar refractivity (Wildman–Crippen MR) is 98.1 cm³/mol. The van der Waals surface area contributed by atoms with Crippen LogP contribution in [0.4, 0.5) is 5.82 Å². The van der Waals surface area contributed by atoms with E-state index in [-0.39, 0.29) is 5.82 Å². The Morgan fingerprint density at radius 3 is 2.56 bits per heavy atom. The zero-order valence-corrected chi connectivity index (χ0v) is 14.2. The van der Waals surface area contributed by atoms with Crippen LogP contribution in [0.25, 0.3) is 22.7 Å². The smallest absolute Gasteiger partial charge is 0.249 e. The van der Waals surface area contributed by atoms with E-state index >= 15 is 0 Å². The molecule has 0 aliphatic heterocycles. The van der Waals surface area contributed by atoms with Crippen molar-refractivity contribution in [2.75, 3.05) is 11.0 Å². The number of hydrogen-bond acceptors (Lipinski definition) is 4. The van der Waals surface area contributed by atoms with Gasteiger partial charge in [-0.3, -0.25) is 9.52 Å². The highest BCUT2D eigenvalue weighted by molar-refractivity contribution is 7.92. The molecule has 0 saturated carbocycles. The van der Waals surface area contributed by atoms with Gasteiger partial charge in [0, 0.05) is 22.7 Å². The summed E-state index contributed by atoms with van der Waals surface area (Å²) in [5.41, 5.74) is 7.83. The number of nitrogens with two attached hydrogens (primary N) is 1. The van der Waals surface area contributed by atoms with Crippen LogP contribution in [0.2, 0.25) is 0 Å². The maximum absolute atomic E-state index is 11.8. The standard InChI is InChI=1S/C17H16N4O3S/c1-25(23,24)21-15-8-7-13-12(10-19-17(13)20-15)9-14(16(18)22)11-5-3-2-4-6-11/h2-10H,1H3,(H2,18,22)(H2,19,20,21). The molecule has 7 nitrogen and oxygen atoms in total. The number of sulfonamides is 1. The van der Waals surface area contributed by atoms with Crippen molar-refractivity contribution in [2.45, 2.75) is 0 Å². The number of hydrogen-bond donors (Lipinski definition) is 3. The number of anilines is 1. The van der Waals surface area contributed by atoms with Crippen molar-refractivity contribution < 1.29 is 13.2 Å². The van der Waals surface area contributed by atoms with Crippen molar-refractivity contribution in [3.05, 3.63) is 59.8 Å². The van der Waals surface area contributed by atoms with Gasteiger partial charge in [-0.05, 0) is 23.8 Å². The summed E-state index contributed by atoms with van der Waals surface area (Å²) >= 11 is 0. The van der Waals surface area contributed by atoms with Gasteiger partial charge in [-0.1, -0.05) is 30.3 Å². The van der Waals surface area contributed by atoms with Gasteiger partial charge in [-0.25, -0.2) is 13.4 Å². The zero-order valence-electron chi connectivity index (χ0n) is 13.4. The lowest BCUT2D eigenvalue weighted by atomic mass is 10.0. The Morgan fingerprint density at radius 2 is 1.92 bits per heavy atom. The highest BCUT2D eigenvalue weighted by Crippen LogP contribution is 2.24. The van der Waals surface area contributed by atoms with Gasteiger partial charge < -0.3 is 10.7 Å². The summed E-state index contributed by atoms with van der Waals surface area (Å²) in [6.07, 6.45) is 4.43. The molecule has 0 fully saturated rings. The molecule has 1 aromatic carbocycles. The van der Waals surface area contributed by atoms with Crippen molar-refractivity contribution in [1.29, 1.82) is 0 Å². The topological polar surface area (TPSA) is 118 Å². The minimum atomic E-state index is -3.40. The number of pyridine rings is 1. The van der Waals surface area contributed by atoms with Gasteiger partial charge in [0.2, 0.25) is 15.9 Å². The van der Waals surface area contributed by atoms with Crippen LogP contribution in [0.5, 0.6) is 0 Å². The molecule has 0 saturated heterocycles. The van der Waals surface area contributed by atoms with Gasteiger partial charge in [-0.15, -0.1) is 0 Å². The normalized spacial score (nSPS) is 12.3. The molecular formula is C17H16N4O3S. The van der Waals surface area contributed by atoms with Gasteiger partial charge in [0.05, 0.1) is 6.26 Å². The quantitative estimate of drug-likeness (QED) is 0.606. The summed E-state index contributed by atoms with van der Waals surface area (Å²) in [5.74, 6) is -0.325. The number of rotatable bonds is 5. The van der Waals surface area contributed by atoms with Gasteiger partial charge in [-0.2, -0.15) is 0 Å². The first-order valence-electron chi connectivity index (χ1n) is 7.36. The van der Waals surface area contributed by atoms with E-state index < -0.39 is 15.9 Å². The molecular weight excluding hydrogens is 340 g/mol. The van der Waals surface area contributed by atoms with Crippen molar-refractivity contribution >= 4 is 44.4 Å². The number of aromatic amines is 1. The third kappa shape index (κ3) is 3.86. The molecule has 4 N–H and O–H groups in total. The van der Waals surface area contributed by atoms with Crippen LogP contribution >= 0.6 is 0 Å². The van der Waals surface area contributed by atoms with Gasteiger partial charge in [0.25, 0.3) is 0 Å². The minimum Gasteiger partial charge on any atom is -0.366 e. The lowest BCUT2D eigenvalue weighted by Crippen LogP contribution is -2.12. The van der Waals surface area contributed by atoms with Gasteiger partial charge >= 0.3 is 0 Å². The number of amides is 1. The first-order chi connectivity index (χ1) is 11.8. The third-order valence-corrected chi connectivity index (χ3v) is 4.09. The summed E-state index contributed by atoms with van der Waals surface area (Å²) in [6, 6.07) is 12.4. The Balaban J connectivity index is 2.05. The average Bonchev–Trinajstić information content (AvgIpc) is 2.93. The monoisotopic (exact) mass is 356 g/mol. The molecule has 1 amide bonds. The lowest BCUT2D eigenvalue weighted by molar-refractivity contribution is -0.112. The fourth-order valence-electron chi connectivity index (χ4n) is 2.46. The Hall–Kier alpha value is -3.13. The molecule has 0 aliphatic rings. The molecule has 128 valence electrons. The van der Waals surface area contributed by atoms with E-state index in [2.05, 4.69) is 14.7 Å². The number of H-pyrrole nitrogens is 1. The largest absolute Gasteiger partial charge is 0.366 e. The van der Waals surface area contributed by atoms with Crippen LogP contribution in [-0.2, 0) is 14.8 Å². The van der Waals surface area contributed by atoms with Gasteiger partial charge in [0.1, 0.15) is 11.5 Å². The molecule has 2 heterocycles. The van der Waals surface area contributed by atoms with Crippen LogP contribution in [0.15, 0.2) is 48.7 Å². The number of fused-ring (bicyclic) bond motifs is 1. The highest BCUT2D eigenvalue weighted by atomic mass is 32.2. The predicted octanol–water partition coefficient (Wildman–Crippen LogP) is 1.96. The van der Waals surface area contributed by atoms with Crippen molar-refractivity contribution in [1.82, 2.24) is 9.97 Å². The molecule has 0 atom stereocenters. The van der Waals surface area contributed by atoms with Gasteiger partial charge in [0.15, 0.2) is 0 Å². The number of nitrogens with zero attached hydrogens (tertiary/aromatic N) is 1. The molecule has 0 spiro atoms. The van der Waals surface area contributed by atoms with Crippen molar-refractivity contribution in [2.24, 2.45) is 5.73 Å². The minimum absolute atomic E-state index is 0.213. The summed E-state index contributed by atoms with van der Waals surface area (Å²) in [7, 11) is -3.40. The van der Waals surface area contributed by atoms with E-state index in [1.165, 1.54) is 0 Å². The fraction of sp³-hybridized carbons (Fsp3) is 0.0588. The number of aromatic nitrogens is 2. The summed E-state index contributed by atoms with van der Waals surface area (Å²) in [4.78, 5) is 19.0. The fourth-order valence-corrected chi connectivity index (χ4v) is 2.96. The van der Waals surface area contributed by atoms with Crippen LogP contribution in [0.3, 0.4) is 0 Å². The molecule has 8 heteroatoms. The average molecular weight is 356 g/mol. The van der Waals surface area contributed by atoms with E-state index in [9.17, 15) is 13.2 Å². The Bertz CT molecular complexity index is 1070. The Labute approximate surface area is 144 Å². The van der Waals surface area contributed by atoms with E-state index in [1.54, 1.807) is 36.5 Å². The molecule has 3 aromatic rings. The third-order valence-electron chi connectivity index (χ3n) is 3.51. The molecule has 0 bridgehead atoms. The summed E-state index contributed by atoms with van der Waals surface area (Å²) in [6.45, 7) is 0. The number of benzene rings is 1. The maximum Gasteiger partial charge on any atom is 0.249 e. The highest BCUT2D eigenvalue weighted by Gasteiger charge is 2.11. The molecule has 0 radical (unpaired) electrons. The summed E-state index contributed by atoms with van der Waals surface area (Å²) < 4.78 is 24.9. The van der Waals surface area contributed by atoms with Crippen LogP contribution in [0, 0.1) is 0 Å². The van der Waals surface area contributed by atoms with Crippen LogP contribution < -0.4 is 10.5 Å². The van der Waals surface area contributed by atoms with Crippen LogP contribution in [-0.4, -0.2) is 30.5 Å². The molecule has 0 unspecified atom stereocenters. The molecule has 3 rings (SSSR count). The first-order valence-corrected chi connectivity index (χ1v) is 9.25. The second kappa shape index (κ2) is 6.40. The maximum atomic E-state index is 11.8. The number of carbonyl (C=O) groups excluding carboxylic acids is 1. The number of nitrogens with one attached hydrogen (secondary N) is 2. The number of carbonyl (C=O) groups is 1. The van der Waals surface area contributed by atoms with Crippen molar-refractivity contribution in [3.63, 3.8) is 0 Å². The van der Waals surface area contributed by atoms with E-state index in [4.69, 9.17) is 5.73 Å². The zero-order chi connectivity index (χ0) is 18.0. The summed E-state index contributed by atoms with van der Waals surface area (Å²) in [5, 5.41) is 0.744. The Kier molecular flexibility index (Phi) is 4.28. The molecule has 25 heavy (non-hydrogen) atoms. The number of primary amides is 1. The van der Waals surface area contributed by atoms with Crippen LogP contribution in [0.1, 0.15) is 11.1 Å². The molecule has 2 aromatic heterocycles. The molecule has 0 aliphatic carbocycles. The van der Waals surface area contributed by atoms with Crippen molar-refractivity contribution in [3.8, 4) is 0 Å². The van der Waals surface area contributed by atoms with E-state index in [0.717, 1.165) is 17.2 Å². The first kappa shape index (κ1) is 16.7. The lowest BCUT2D eigenvalue weighted by Gasteiger charge is -2.04. The second-order valence-electron chi connectivity index (χ2n) is 5.50. The SMILES string of the molecule is CS(=O)(=O)Nc1ccc2c(C=C(C(N)=O)c3ccccc3)c[nH]c2n1. The van der Waals surface area contributed by atoms with E-state index in [0.29, 0.717) is 16.8 Å². The Morgan fingerprint density at radius 1 is 1.20 bits per heavy atom. The second-order valence-corrected chi connectivity index (χ2v) is 7.25. The van der Waals surface area contributed by atoms with E-state index in [1.807, 2.05) is 18.2 Å².